The number of aromatic nitrogens is 2. The lowest BCUT2D eigenvalue weighted by Crippen LogP contribution is -2.41. The summed E-state index contributed by atoms with van der Waals surface area (Å²) in [5, 5.41) is 3.50. The number of hydrogen-bond acceptors (Lipinski definition) is 3. The summed E-state index contributed by atoms with van der Waals surface area (Å²) in [5.74, 6) is 0.564. The van der Waals surface area contributed by atoms with Crippen LogP contribution in [0.1, 0.15) is 13.8 Å². The number of nitrogens with two attached hydrogens (primary N) is 1. The molecule has 4 nitrogen and oxygen atoms in total. The van der Waals surface area contributed by atoms with Gasteiger partial charge >= 0.3 is 0 Å². The van der Waals surface area contributed by atoms with Crippen LogP contribution in [-0.2, 0) is 6.54 Å². The highest BCUT2D eigenvalue weighted by Crippen LogP contribution is 2.11. The number of nitrogens with zero attached hydrogens (tertiary/aromatic N) is 2. The van der Waals surface area contributed by atoms with Gasteiger partial charge in [-0.25, -0.2) is 4.98 Å². The quantitative estimate of drug-likeness (QED) is 0.814. The van der Waals surface area contributed by atoms with Crippen molar-refractivity contribution in [1.82, 2.24) is 14.9 Å². The average Bonchev–Trinajstić information content (AvgIpc) is 2.78. The van der Waals surface area contributed by atoms with Crippen molar-refractivity contribution in [2.45, 2.75) is 26.4 Å². The second-order valence-electron chi connectivity index (χ2n) is 4.97. The summed E-state index contributed by atoms with van der Waals surface area (Å²) >= 11 is 0. The molecule has 0 fully saturated rings. The van der Waals surface area contributed by atoms with E-state index in [1.54, 1.807) is 0 Å². The number of nitrogens with one attached hydrogen (secondary N) is 1. The van der Waals surface area contributed by atoms with Crippen molar-refractivity contribution in [2.24, 2.45) is 11.7 Å². The van der Waals surface area contributed by atoms with Gasteiger partial charge in [-0.1, -0.05) is 26.0 Å². The SMILES string of the molecule is CC(C)C(CN)NCCn1cnc2ccccc21. The molecule has 1 heterocycles. The molecule has 3 N–H and O–H groups in total. The van der Waals surface area contributed by atoms with E-state index in [-0.39, 0.29) is 0 Å². The Kier molecular flexibility index (Phi) is 4.33. The Morgan fingerprint density at radius 3 is 2.83 bits per heavy atom. The van der Waals surface area contributed by atoms with Crippen molar-refractivity contribution in [1.29, 1.82) is 0 Å². The highest BCUT2D eigenvalue weighted by molar-refractivity contribution is 5.74. The van der Waals surface area contributed by atoms with Crippen molar-refractivity contribution in [2.75, 3.05) is 13.1 Å². The predicted octanol–water partition coefficient (Wildman–Crippen LogP) is 1.61. The first kappa shape index (κ1) is 13.1. The maximum Gasteiger partial charge on any atom is 0.0958 e. The maximum atomic E-state index is 5.74. The number of rotatable bonds is 6. The molecule has 0 aliphatic carbocycles. The Balaban J connectivity index is 1.94. The molecule has 1 atom stereocenters. The van der Waals surface area contributed by atoms with E-state index in [1.165, 1.54) is 5.52 Å². The Hall–Kier alpha value is -1.39. The van der Waals surface area contributed by atoms with Crippen LogP contribution in [0.5, 0.6) is 0 Å². The zero-order valence-electron chi connectivity index (χ0n) is 11.1. The fourth-order valence-electron chi connectivity index (χ4n) is 2.15. The third-order valence-corrected chi connectivity index (χ3v) is 3.35. The van der Waals surface area contributed by atoms with Gasteiger partial charge in [-0.05, 0) is 18.1 Å². The second kappa shape index (κ2) is 5.98. The first-order valence-electron chi connectivity index (χ1n) is 6.55. The van der Waals surface area contributed by atoms with Crippen molar-refractivity contribution in [3.8, 4) is 0 Å². The average molecular weight is 246 g/mol. The summed E-state index contributed by atoms with van der Waals surface area (Å²) < 4.78 is 2.18. The van der Waals surface area contributed by atoms with Gasteiger partial charge in [0, 0.05) is 25.7 Å². The number of benzene rings is 1. The largest absolute Gasteiger partial charge is 0.329 e. The molecule has 0 radical (unpaired) electrons. The zero-order valence-corrected chi connectivity index (χ0v) is 11.1. The number of imidazole rings is 1. The van der Waals surface area contributed by atoms with Gasteiger partial charge in [0.1, 0.15) is 0 Å². The lowest BCUT2D eigenvalue weighted by atomic mass is 10.1. The highest BCUT2D eigenvalue weighted by Gasteiger charge is 2.10. The van der Waals surface area contributed by atoms with E-state index >= 15 is 0 Å². The van der Waals surface area contributed by atoms with Gasteiger partial charge in [0.15, 0.2) is 0 Å². The van der Waals surface area contributed by atoms with Crippen molar-refractivity contribution >= 4 is 11.0 Å². The molecule has 1 aromatic heterocycles. The van der Waals surface area contributed by atoms with Crippen molar-refractivity contribution in [3.63, 3.8) is 0 Å². The third kappa shape index (κ3) is 2.89. The van der Waals surface area contributed by atoms with E-state index in [1.807, 2.05) is 24.5 Å². The van der Waals surface area contributed by atoms with Gasteiger partial charge in [-0.15, -0.1) is 0 Å². The fraction of sp³-hybridized carbons (Fsp3) is 0.500. The van der Waals surface area contributed by atoms with E-state index < -0.39 is 0 Å². The van der Waals surface area contributed by atoms with Gasteiger partial charge < -0.3 is 15.6 Å². The minimum absolute atomic E-state index is 0.389. The Morgan fingerprint density at radius 1 is 1.33 bits per heavy atom. The Labute approximate surface area is 108 Å². The molecule has 2 aromatic rings. The molecule has 1 unspecified atom stereocenters. The van der Waals surface area contributed by atoms with Gasteiger partial charge in [-0.3, -0.25) is 0 Å². The second-order valence-corrected chi connectivity index (χ2v) is 4.97. The van der Waals surface area contributed by atoms with E-state index in [0.29, 0.717) is 18.5 Å². The van der Waals surface area contributed by atoms with E-state index in [4.69, 9.17) is 5.73 Å². The smallest absolute Gasteiger partial charge is 0.0958 e. The van der Waals surface area contributed by atoms with Crippen molar-refractivity contribution in [3.05, 3.63) is 30.6 Å². The molecule has 0 bridgehead atoms. The number of hydrogen-bond donors (Lipinski definition) is 2. The van der Waals surface area contributed by atoms with Gasteiger partial charge in [-0.2, -0.15) is 0 Å². The summed E-state index contributed by atoms with van der Waals surface area (Å²) in [4.78, 5) is 4.38. The normalized spacial score (nSPS) is 13.3. The fourth-order valence-corrected chi connectivity index (χ4v) is 2.15. The molecule has 1 aromatic carbocycles. The van der Waals surface area contributed by atoms with Gasteiger partial charge in [0.05, 0.1) is 17.4 Å². The monoisotopic (exact) mass is 246 g/mol. The molecular weight excluding hydrogens is 224 g/mol. The van der Waals surface area contributed by atoms with Crippen LogP contribution in [0.4, 0.5) is 0 Å². The van der Waals surface area contributed by atoms with Gasteiger partial charge in [0.25, 0.3) is 0 Å². The van der Waals surface area contributed by atoms with Crippen LogP contribution >= 0.6 is 0 Å². The minimum atomic E-state index is 0.389. The maximum absolute atomic E-state index is 5.74. The summed E-state index contributed by atoms with van der Waals surface area (Å²) in [6.07, 6.45) is 1.90. The van der Waals surface area contributed by atoms with Crippen molar-refractivity contribution < 1.29 is 0 Å². The predicted molar refractivity (Wildman–Crippen MR) is 75.4 cm³/mol. The van der Waals surface area contributed by atoms with E-state index in [2.05, 4.69) is 34.8 Å². The topological polar surface area (TPSA) is 55.9 Å². The summed E-state index contributed by atoms with van der Waals surface area (Å²) in [5.41, 5.74) is 7.98. The molecule has 0 aliphatic heterocycles. The standard InChI is InChI=1S/C14H22N4/c1-11(2)13(9-15)16-7-8-18-10-17-12-5-3-4-6-14(12)18/h3-6,10-11,13,16H,7-9,15H2,1-2H3. The molecule has 18 heavy (non-hydrogen) atoms. The van der Waals surface area contributed by atoms with E-state index in [0.717, 1.165) is 18.6 Å². The molecule has 98 valence electrons. The Bertz CT molecular complexity index is 489. The van der Waals surface area contributed by atoms with Crippen LogP contribution in [-0.4, -0.2) is 28.7 Å². The molecule has 0 amide bonds. The van der Waals surface area contributed by atoms with Crippen LogP contribution in [0.25, 0.3) is 11.0 Å². The van der Waals surface area contributed by atoms with Crippen LogP contribution in [0.3, 0.4) is 0 Å². The highest BCUT2D eigenvalue weighted by atomic mass is 15.1. The number of fused-ring (bicyclic) bond motifs is 1. The number of para-hydroxylation sites is 2. The third-order valence-electron chi connectivity index (χ3n) is 3.35. The van der Waals surface area contributed by atoms with E-state index in [9.17, 15) is 0 Å². The Morgan fingerprint density at radius 2 is 2.11 bits per heavy atom. The van der Waals surface area contributed by atoms with Crippen LogP contribution in [0.15, 0.2) is 30.6 Å². The first-order chi connectivity index (χ1) is 8.72. The lowest BCUT2D eigenvalue weighted by molar-refractivity contribution is 0.398. The molecule has 2 rings (SSSR count). The summed E-state index contributed by atoms with van der Waals surface area (Å²) in [6.45, 7) is 6.90. The molecular formula is C14H22N4. The molecule has 0 saturated carbocycles. The molecule has 4 heteroatoms. The first-order valence-corrected chi connectivity index (χ1v) is 6.55. The molecule has 0 saturated heterocycles. The van der Waals surface area contributed by atoms with Crippen LogP contribution in [0.2, 0.25) is 0 Å². The summed E-state index contributed by atoms with van der Waals surface area (Å²) in [7, 11) is 0. The van der Waals surface area contributed by atoms with Crippen LogP contribution in [0, 0.1) is 5.92 Å². The molecule has 0 spiro atoms. The minimum Gasteiger partial charge on any atom is -0.329 e. The zero-order chi connectivity index (χ0) is 13.0. The summed E-state index contributed by atoms with van der Waals surface area (Å²) in [6, 6.07) is 8.59. The van der Waals surface area contributed by atoms with Gasteiger partial charge in [0.2, 0.25) is 0 Å². The van der Waals surface area contributed by atoms with Crippen LogP contribution < -0.4 is 11.1 Å². The molecule has 0 aliphatic rings. The lowest BCUT2D eigenvalue weighted by Gasteiger charge is -2.20.